The lowest BCUT2D eigenvalue weighted by atomic mass is 10.3. The average molecular weight is 271 g/mol. The number of carbonyl (C=O) groups is 2. The van der Waals surface area contributed by atoms with E-state index in [-0.39, 0.29) is 23.3 Å². The molecule has 7 heteroatoms. The molecule has 98 valence electrons. The van der Waals surface area contributed by atoms with E-state index in [1.165, 1.54) is 12.1 Å². The zero-order chi connectivity index (χ0) is 13.5. The van der Waals surface area contributed by atoms with Crippen LogP contribution < -0.4 is 5.32 Å². The highest BCUT2D eigenvalue weighted by molar-refractivity contribution is 6.29. The highest BCUT2D eigenvalue weighted by Crippen LogP contribution is 2.01. The highest BCUT2D eigenvalue weighted by Gasteiger charge is 2.13. The maximum absolute atomic E-state index is 11.6. The summed E-state index contributed by atoms with van der Waals surface area (Å²) < 4.78 is 0. The Morgan fingerprint density at radius 3 is 2.44 bits per heavy atom. The standard InChI is InChI=1S/C11H15ClN4O2/c1-3-16(4-2)10(17)7-13-11(18)8-5-6-9(12)15-14-8/h5-6H,3-4,7H2,1-2H3,(H,13,18). The van der Waals surface area contributed by atoms with E-state index in [0.717, 1.165) is 0 Å². The third kappa shape index (κ3) is 3.96. The van der Waals surface area contributed by atoms with Crippen molar-refractivity contribution in [2.24, 2.45) is 0 Å². The smallest absolute Gasteiger partial charge is 0.272 e. The van der Waals surface area contributed by atoms with E-state index < -0.39 is 5.91 Å². The zero-order valence-electron chi connectivity index (χ0n) is 10.3. The van der Waals surface area contributed by atoms with Crippen LogP contribution in [0.4, 0.5) is 0 Å². The average Bonchev–Trinajstić information content (AvgIpc) is 2.38. The number of hydrogen-bond acceptors (Lipinski definition) is 4. The van der Waals surface area contributed by atoms with Crippen LogP contribution in [0.3, 0.4) is 0 Å². The van der Waals surface area contributed by atoms with Crippen molar-refractivity contribution in [1.29, 1.82) is 0 Å². The Balaban J connectivity index is 2.51. The maximum atomic E-state index is 11.6. The van der Waals surface area contributed by atoms with E-state index in [0.29, 0.717) is 13.1 Å². The third-order valence-corrected chi connectivity index (χ3v) is 2.58. The van der Waals surface area contributed by atoms with Gasteiger partial charge in [-0.05, 0) is 26.0 Å². The molecule has 0 spiro atoms. The topological polar surface area (TPSA) is 75.2 Å². The van der Waals surface area contributed by atoms with Crippen molar-refractivity contribution < 1.29 is 9.59 Å². The van der Waals surface area contributed by atoms with Crippen molar-refractivity contribution in [3.05, 3.63) is 23.0 Å². The first-order chi connectivity index (χ1) is 8.58. The molecule has 0 aliphatic rings. The van der Waals surface area contributed by atoms with Crippen LogP contribution in [0.2, 0.25) is 5.15 Å². The molecule has 0 radical (unpaired) electrons. The summed E-state index contributed by atoms with van der Waals surface area (Å²) in [5.41, 5.74) is 0.131. The molecular weight excluding hydrogens is 256 g/mol. The lowest BCUT2D eigenvalue weighted by Gasteiger charge is -2.18. The Morgan fingerprint density at radius 1 is 1.28 bits per heavy atom. The molecule has 1 N–H and O–H groups in total. The lowest BCUT2D eigenvalue weighted by molar-refractivity contribution is -0.129. The predicted octanol–water partition coefficient (Wildman–Crippen LogP) is 0.728. The highest BCUT2D eigenvalue weighted by atomic mass is 35.5. The van der Waals surface area contributed by atoms with Gasteiger partial charge < -0.3 is 10.2 Å². The van der Waals surface area contributed by atoms with Gasteiger partial charge in [-0.1, -0.05) is 11.6 Å². The Bertz CT molecular complexity index is 418. The van der Waals surface area contributed by atoms with Crippen molar-refractivity contribution in [2.45, 2.75) is 13.8 Å². The molecule has 0 unspecified atom stereocenters. The van der Waals surface area contributed by atoms with Crippen LogP contribution in [0.25, 0.3) is 0 Å². The molecule has 6 nitrogen and oxygen atoms in total. The molecule has 1 heterocycles. The van der Waals surface area contributed by atoms with Crippen LogP contribution in [-0.4, -0.2) is 46.5 Å². The molecule has 0 fully saturated rings. The maximum Gasteiger partial charge on any atom is 0.272 e. The third-order valence-electron chi connectivity index (χ3n) is 2.38. The quantitative estimate of drug-likeness (QED) is 0.856. The van der Waals surface area contributed by atoms with Gasteiger partial charge in [-0.3, -0.25) is 9.59 Å². The summed E-state index contributed by atoms with van der Waals surface area (Å²) in [4.78, 5) is 24.9. The molecule has 0 aliphatic heterocycles. The van der Waals surface area contributed by atoms with Crippen molar-refractivity contribution in [3.63, 3.8) is 0 Å². The predicted molar refractivity (Wildman–Crippen MR) is 67.3 cm³/mol. The van der Waals surface area contributed by atoms with Gasteiger partial charge in [0.25, 0.3) is 5.91 Å². The molecule has 1 aromatic heterocycles. The van der Waals surface area contributed by atoms with E-state index in [2.05, 4.69) is 15.5 Å². The molecule has 18 heavy (non-hydrogen) atoms. The van der Waals surface area contributed by atoms with Crippen LogP contribution in [0.1, 0.15) is 24.3 Å². The molecule has 0 saturated heterocycles. The summed E-state index contributed by atoms with van der Waals surface area (Å²) >= 11 is 5.56. The van der Waals surface area contributed by atoms with Crippen LogP contribution in [0.5, 0.6) is 0 Å². The van der Waals surface area contributed by atoms with Gasteiger partial charge in [-0.25, -0.2) is 0 Å². The largest absolute Gasteiger partial charge is 0.342 e. The summed E-state index contributed by atoms with van der Waals surface area (Å²) in [6.45, 7) is 4.95. The minimum absolute atomic E-state index is 0.0508. The van der Waals surface area contributed by atoms with E-state index in [1.54, 1.807) is 4.90 Å². The summed E-state index contributed by atoms with van der Waals surface area (Å²) in [5.74, 6) is -0.574. The number of nitrogens with one attached hydrogen (secondary N) is 1. The fourth-order valence-electron chi connectivity index (χ4n) is 1.37. The minimum Gasteiger partial charge on any atom is -0.342 e. The van der Waals surface area contributed by atoms with Gasteiger partial charge in [-0.2, -0.15) is 0 Å². The van der Waals surface area contributed by atoms with E-state index in [9.17, 15) is 9.59 Å². The number of nitrogens with zero attached hydrogens (tertiary/aromatic N) is 3. The molecule has 1 rings (SSSR count). The number of carbonyl (C=O) groups excluding carboxylic acids is 2. The first-order valence-corrected chi connectivity index (χ1v) is 6.01. The fraction of sp³-hybridized carbons (Fsp3) is 0.455. The zero-order valence-corrected chi connectivity index (χ0v) is 11.1. The van der Waals surface area contributed by atoms with E-state index in [1.807, 2.05) is 13.8 Å². The van der Waals surface area contributed by atoms with Crippen LogP contribution >= 0.6 is 11.6 Å². The molecular formula is C11H15ClN4O2. The van der Waals surface area contributed by atoms with Crippen LogP contribution in [0, 0.1) is 0 Å². The number of rotatable bonds is 5. The van der Waals surface area contributed by atoms with Gasteiger partial charge in [0.15, 0.2) is 10.8 Å². The van der Waals surface area contributed by atoms with Gasteiger partial charge >= 0.3 is 0 Å². The number of amides is 2. The first-order valence-electron chi connectivity index (χ1n) is 5.63. The van der Waals surface area contributed by atoms with Gasteiger partial charge in [0.1, 0.15) is 0 Å². The second-order valence-electron chi connectivity index (χ2n) is 3.49. The fourth-order valence-corrected chi connectivity index (χ4v) is 1.47. The second kappa shape index (κ2) is 6.90. The van der Waals surface area contributed by atoms with Gasteiger partial charge in [0.2, 0.25) is 5.91 Å². The summed E-state index contributed by atoms with van der Waals surface area (Å²) in [7, 11) is 0. The van der Waals surface area contributed by atoms with E-state index in [4.69, 9.17) is 11.6 Å². The van der Waals surface area contributed by atoms with Crippen molar-refractivity contribution in [2.75, 3.05) is 19.6 Å². The number of likely N-dealkylation sites (N-methyl/N-ethyl adjacent to an activating group) is 1. The summed E-state index contributed by atoms with van der Waals surface area (Å²) in [5, 5.41) is 9.88. The number of aromatic nitrogens is 2. The van der Waals surface area contributed by atoms with Crippen molar-refractivity contribution in [1.82, 2.24) is 20.4 Å². The second-order valence-corrected chi connectivity index (χ2v) is 3.88. The molecule has 0 atom stereocenters. The number of halogens is 1. The molecule has 0 aromatic carbocycles. The molecule has 0 bridgehead atoms. The van der Waals surface area contributed by atoms with E-state index >= 15 is 0 Å². The van der Waals surface area contributed by atoms with Gasteiger partial charge in [0.05, 0.1) is 6.54 Å². The molecule has 0 aliphatic carbocycles. The van der Waals surface area contributed by atoms with Crippen molar-refractivity contribution >= 4 is 23.4 Å². The van der Waals surface area contributed by atoms with Gasteiger partial charge in [-0.15, -0.1) is 10.2 Å². The number of hydrogen-bond donors (Lipinski definition) is 1. The molecule has 1 aromatic rings. The lowest BCUT2D eigenvalue weighted by Crippen LogP contribution is -2.40. The molecule has 2 amide bonds. The first kappa shape index (κ1) is 14.4. The Kier molecular flexibility index (Phi) is 5.51. The minimum atomic E-state index is -0.445. The normalized spacial score (nSPS) is 9.94. The van der Waals surface area contributed by atoms with Crippen molar-refractivity contribution in [3.8, 4) is 0 Å². The monoisotopic (exact) mass is 270 g/mol. The van der Waals surface area contributed by atoms with Crippen LogP contribution in [0.15, 0.2) is 12.1 Å². The Labute approximate surface area is 110 Å². The molecule has 0 saturated carbocycles. The van der Waals surface area contributed by atoms with Gasteiger partial charge in [0, 0.05) is 13.1 Å². The SMILES string of the molecule is CCN(CC)C(=O)CNC(=O)c1ccc(Cl)nn1. The Hall–Kier alpha value is -1.69. The van der Waals surface area contributed by atoms with Crippen LogP contribution in [-0.2, 0) is 4.79 Å². The summed E-state index contributed by atoms with van der Waals surface area (Å²) in [6, 6.07) is 2.92. The Morgan fingerprint density at radius 2 is 1.94 bits per heavy atom. The summed E-state index contributed by atoms with van der Waals surface area (Å²) in [6.07, 6.45) is 0.